The Balaban J connectivity index is 0.00000361. The highest BCUT2D eigenvalue weighted by molar-refractivity contribution is 14.0. The standard InChI is InChI=1S/C15H25N3O.HI/c1-4-17-15(16-3)18-10-13(2)11-19-12-14-8-6-5-7-9-14;/h5-9,13H,4,10-12H2,1-3H3,(H2,16,17,18);1H. The van der Waals surface area contributed by atoms with Crippen molar-refractivity contribution >= 4 is 29.9 Å². The van der Waals surface area contributed by atoms with Gasteiger partial charge in [-0.1, -0.05) is 37.3 Å². The number of aliphatic imine (C=N–C) groups is 1. The van der Waals surface area contributed by atoms with Crippen molar-refractivity contribution in [3.8, 4) is 0 Å². The Bertz CT molecular complexity index is 371. The van der Waals surface area contributed by atoms with Crippen LogP contribution in [0.15, 0.2) is 35.3 Å². The third-order valence-electron chi connectivity index (χ3n) is 2.70. The Morgan fingerprint density at radius 2 is 1.95 bits per heavy atom. The second-order valence-corrected chi connectivity index (χ2v) is 4.59. The van der Waals surface area contributed by atoms with Crippen LogP contribution < -0.4 is 10.6 Å². The van der Waals surface area contributed by atoms with Crippen molar-refractivity contribution in [2.75, 3.05) is 26.7 Å². The lowest BCUT2D eigenvalue weighted by molar-refractivity contribution is 0.0931. The van der Waals surface area contributed by atoms with Gasteiger partial charge in [0.2, 0.25) is 0 Å². The summed E-state index contributed by atoms with van der Waals surface area (Å²) in [6, 6.07) is 10.2. The molecule has 1 aromatic carbocycles. The van der Waals surface area contributed by atoms with E-state index in [0.717, 1.165) is 25.7 Å². The first-order chi connectivity index (χ1) is 9.26. The highest BCUT2D eigenvalue weighted by Gasteiger charge is 2.04. The fraction of sp³-hybridized carbons (Fsp3) is 0.533. The second-order valence-electron chi connectivity index (χ2n) is 4.59. The molecule has 0 heterocycles. The number of ether oxygens (including phenoxy) is 1. The topological polar surface area (TPSA) is 45.7 Å². The Kier molecular flexibility index (Phi) is 11.5. The molecule has 0 saturated carbocycles. The molecule has 2 N–H and O–H groups in total. The molecule has 114 valence electrons. The zero-order chi connectivity index (χ0) is 13.9. The molecule has 20 heavy (non-hydrogen) atoms. The van der Waals surface area contributed by atoms with E-state index in [-0.39, 0.29) is 24.0 Å². The molecule has 1 unspecified atom stereocenters. The van der Waals surface area contributed by atoms with E-state index in [4.69, 9.17) is 4.74 Å². The summed E-state index contributed by atoms with van der Waals surface area (Å²) in [6.45, 7) is 7.36. The summed E-state index contributed by atoms with van der Waals surface area (Å²) < 4.78 is 5.71. The molecule has 1 atom stereocenters. The molecule has 0 saturated heterocycles. The van der Waals surface area contributed by atoms with E-state index < -0.39 is 0 Å². The quantitative estimate of drug-likeness (QED) is 0.427. The van der Waals surface area contributed by atoms with Crippen molar-refractivity contribution in [1.29, 1.82) is 0 Å². The van der Waals surface area contributed by atoms with Gasteiger partial charge in [0, 0.05) is 20.1 Å². The molecule has 5 heteroatoms. The average Bonchev–Trinajstić information content (AvgIpc) is 2.44. The maximum Gasteiger partial charge on any atom is 0.190 e. The van der Waals surface area contributed by atoms with Crippen LogP contribution in [0.25, 0.3) is 0 Å². The molecule has 4 nitrogen and oxygen atoms in total. The minimum atomic E-state index is 0. The fourth-order valence-corrected chi connectivity index (χ4v) is 1.67. The Hall–Kier alpha value is -0.820. The van der Waals surface area contributed by atoms with Gasteiger partial charge in [0.15, 0.2) is 5.96 Å². The summed E-state index contributed by atoms with van der Waals surface area (Å²) >= 11 is 0. The fourth-order valence-electron chi connectivity index (χ4n) is 1.67. The van der Waals surface area contributed by atoms with Crippen molar-refractivity contribution < 1.29 is 4.74 Å². The summed E-state index contributed by atoms with van der Waals surface area (Å²) in [4.78, 5) is 4.13. The van der Waals surface area contributed by atoms with E-state index in [1.165, 1.54) is 5.56 Å². The monoisotopic (exact) mass is 391 g/mol. The van der Waals surface area contributed by atoms with Crippen LogP contribution in [0, 0.1) is 5.92 Å². The molecule has 0 fully saturated rings. The normalized spacial score (nSPS) is 12.4. The number of hydrogen-bond donors (Lipinski definition) is 2. The van der Waals surface area contributed by atoms with Crippen LogP contribution in [0.1, 0.15) is 19.4 Å². The molecule has 0 bridgehead atoms. The van der Waals surface area contributed by atoms with Crippen LogP contribution in [0.5, 0.6) is 0 Å². The molecule has 0 radical (unpaired) electrons. The lowest BCUT2D eigenvalue weighted by Crippen LogP contribution is -2.39. The first-order valence-electron chi connectivity index (χ1n) is 6.82. The van der Waals surface area contributed by atoms with Gasteiger partial charge in [-0.25, -0.2) is 0 Å². The summed E-state index contributed by atoms with van der Waals surface area (Å²) in [5.74, 6) is 1.29. The van der Waals surface area contributed by atoms with Gasteiger partial charge in [-0.2, -0.15) is 0 Å². The zero-order valence-corrected chi connectivity index (χ0v) is 14.9. The zero-order valence-electron chi connectivity index (χ0n) is 12.6. The van der Waals surface area contributed by atoms with Crippen LogP contribution in [0.3, 0.4) is 0 Å². The van der Waals surface area contributed by atoms with Gasteiger partial charge >= 0.3 is 0 Å². The van der Waals surface area contributed by atoms with E-state index in [9.17, 15) is 0 Å². The Morgan fingerprint density at radius 3 is 2.55 bits per heavy atom. The molecular formula is C15H26IN3O. The number of guanidine groups is 1. The van der Waals surface area contributed by atoms with Crippen molar-refractivity contribution in [3.05, 3.63) is 35.9 Å². The van der Waals surface area contributed by atoms with Gasteiger partial charge in [0.05, 0.1) is 13.2 Å². The van der Waals surface area contributed by atoms with Crippen molar-refractivity contribution in [2.24, 2.45) is 10.9 Å². The maximum atomic E-state index is 5.71. The van der Waals surface area contributed by atoms with E-state index in [2.05, 4.69) is 41.6 Å². The predicted molar refractivity (Wildman–Crippen MR) is 95.7 cm³/mol. The summed E-state index contributed by atoms with van der Waals surface area (Å²) in [5, 5.41) is 6.45. The molecule has 0 amide bonds. The van der Waals surface area contributed by atoms with Gasteiger partial charge in [-0.15, -0.1) is 24.0 Å². The number of benzene rings is 1. The van der Waals surface area contributed by atoms with E-state index >= 15 is 0 Å². The summed E-state index contributed by atoms with van der Waals surface area (Å²) in [6.07, 6.45) is 0. The van der Waals surface area contributed by atoms with Crippen molar-refractivity contribution in [3.63, 3.8) is 0 Å². The highest BCUT2D eigenvalue weighted by atomic mass is 127. The highest BCUT2D eigenvalue weighted by Crippen LogP contribution is 2.02. The van der Waals surface area contributed by atoms with Crippen molar-refractivity contribution in [1.82, 2.24) is 10.6 Å². The minimum absolute atomic E-state index is 0. The SMILES string of the molecule is CCNC(=NC)NCC(C)COCc1ccccc1.I. The molecule has 0 aliphatic carbocycles. The Morgan fingerprint density at radius 1 is 1.25 bits per heavy atom. The molecule has 0 spiro atoms. The minimum Gasteiger partial charge on any atom is -0.376 e. The first kappa shape index (κ1) is 19.2. The number of halogens is 1. The molecule has 0 aliphatic rings. The Labute approximate surface area is 139 Å². The summed E-state index contributed by atoms with van der Waals surface area (Å²) in [5.41, 5.74) is 1.21. The van der Waals surface area contributed by atoms with Crippen LogP contribution >= 0.6 is 24.0 Å². The van der Waals surface area contributed by atoms with Gasteiger partial charge in [-0.05, 0) is 18.4 Å². The van der Waals surface area contributed by atoms with E-state index in [1.54, 1.807) is 7.05 Å². The number of rotatable bonds is 7. The third kappa shape index (κ3) is 8.37. The van der Waals surface area contributed by atoms with Gasteiger partial charge in [0.25, 0.3) is 0 Å². The van der Waals surface area contributed by atoms with Crippen LogP contribution in [0.2, 0.25) is 0 Å². The second kappa shape index (κ2) is 12.0. The lowest BCUT2D eigenvalue weighted by atomic mass is 10.2. The van der Waals surface area contributed by atoms with Crippen LogP contribution in [0.4, 0.5) is 0 Å². The van der Waals surface area contributed by atoms with Crippen molar-refractivity contribution in [2.45, 2.75) is 20.5 Å². The van der Waals surface area contributed by atoms with E-state index in [0.29, 0.717) is 12.5 Å². The maximum absolute atomic E-state index is 5.71. The molecule has 0 aromatic heterocycles. The number of hydrogen-bond acceptors (Lipinski definition) is 2. The smallest absolute Gasteiger partial charge is 0.190 e. The van der Waals surface area contributed by atoms with Crippen LogP contribution in [-0.2, 0) is 11.3 Å². The van der Waals surface area contributed by atoms with E-state index in [1.807, 2.05) is 18.2 Å². The molecule has 1 aromatic rings. The first-order valence-corrected chi connectivity index (χ1v) is 6.82. The van der Waals surface area contributed by atoms with Gasteiger partial charge in [-0.3, -0.25) is 4.99 Å². The molecular weight excluding hydrogens is 365 g/mol. The number of nitrogens with zero attached hydrogens (tertiary/aromatic N) is 1. The van der Waals surface area contributed by atoms with Gasteiger partial charge < -0.3 is 15.4 Å². The predicted octanol–water partition coefficient (Wildman–Crippen LogP) is 2.64. The number of nitrogens with one attached hydrogen (secondary N) is 2. The molecule has 1 rings (SSSR count). The lowest BCUT2D eigenvalue weighted by Gasteiger charge is -2.15. The van der Waals surface area contributed by atoms with Gasteiger partial charge in [0.1, 0.15) is 0 Å². The molecule has 0 aliphatic heterocycles. The van der Waals surface area contributed by atoms with Crippen LogP contribution in [-0.4, -0.2) is 32.7 Å². The average molecular weight is 391 g/mol. The summed E-state index contributed by atoms with van der Waals surface area (Å²) in [7, 11) is 1.78. The largest absolute Gasteiger partial charge is 0.376 e. The third-order valence-corrected chi connectivity index (χ3v) is 2.70.